The van der Waals surface area contributed by atoms with Gasteiger partial charge in [-0.1, -0.05) is 111 Å². The van der Waals surface area contributed by atoms with Crippen LogP contribution in [0.25, 0.3) is 0 Å². The van der Waals surface area contributed by atoms with E-state index in [4.69, 9.17) is 0 Å². The fourth-order valence-electron chi connectivity index (χ4n) is 5.32. The van der Waals surface area contributed by atoms with Gasteiger partial charge in [-0.25, -0.2) is 0 Å². The van der Waals surface area contributed by atoms with Gasteiger partial charge in [0.05, 0.1) is 0 Å². The monoisotopic (exact) mass is 444 g/mol. The van der Waals surface area contributed by atoms with Crippen molar-refractivity contribution < 1.29 is 0 Å². The maximum Gasteiger partial charge on any atom is 0.0281 e. The molecule has 0 N–H and O–H groups in total. The van der Waals surface area contributed by atoms with Gasteiger partial charge in [0.15, 0.2) is 0 Å². The molecule has 5 rings (SSSR count). The lowest BCUT2D eigenvalue weighted by Crippen LogP contribution is -2.12. The van der Waals surface area contributed by atoms with E-state index in [-0.39, 0.29) is 0 Å². The minimum atomic E-state index is 0.419. The Bertz CT molecular complexity index is 1190. The molecule has 3 aliphatic carbocycles. The Labute approximate surface area is 205 Å². The van der Waals surface area contributed by atoms with Crippen LogP contribution in [0.4, 0.5) is 0 Å². The van der Waals surface area contributed by atoms with Crippen molar-refractivity contribution in [2.75, 3.05) is 0 Å². The maximum absolute atomic E-state index is 2.40. The molecule has 3 aliphatic rings. The quantitative estimate of drug-likeness (QED) is 0.382. The molecule has 172 valence electrons. The fourth-order valence-corrected chi connectivity index (χ4v) is 5.32. The predicted molar refractivity (Wildman–Crippen MR) is 146 cm³/mol. The summed E-state index contributed by atoms with van der Waals surface area (Å²) in [5.74, 6) is 1.02. The van der Waals surface area contributed by atoms with E-state index in [1.165, 1.54) is 57.4 Å². The van der Waals surface area contributed by atoms with Crippen LogP contribution in [0.1, 0.15) is 61.3 Å². The maximum atomic E-state index is 2.40. The Morgan fingerprint density at radius 3 is 2.15 bits per heavy atom. The van der Waals surface area contributed by atoms with E-state index in [0.717, 1.165) is 25.7 Å². The van der Waals surface area contributed by atoms with E-state index in [0.29, 0.717) is 11.8 Å². The summed E-state index contributed by atoms with van der Waals surface area (Å²) in [6.45, 7) is 4.51. The topological polar surface area (TPSA) is 0 Å². The molecule has 0 heterocycles. The molecule has 0 amide bonds. The smallest absolute Gasteiger partial charge is 0.0281 e. The van der Waals surface area contributed by atoms with Crippen molar-refractivity contribution in [3.8, 4) is 0 Å². The van der Waals surface area contributed by atoms with Gasteiger partial charge < -0.3 is 0 Å². The second-order valence-electron chi connectivity index (χ2n) is 10.2. The van der Waals surface area contributed by atoms with Crippen molar-refractivity contribution in [2.24, 2.45) is 5.92 Å². The lowest BCUT2D eigenvalue weighted by molar-refractivity contribution is 0.816. The van der Waals surface area contributed by atoms with E-state index in [1.807, 2.05) is 0 Å². The van der Waals surface area contributed by atoms with Crippen LogP contribution < -0.4 is 0 Å². The summed E-state index contributed by atoms with van der Waals surface area (Å²) in [5.41, 5.74) is 11.5. The third kappa shape index (κ3) is 5.17. The Morgan fingerprint density at radius 2 is 1.47 bits per heavy atom. The first-order valence-electron chi connectivity index (χ1n) is 13.0. The summed E-state index contributed by atoms with van der Waals surface area (Å²) < 4.78 is 0. The summed E-state index contributed by atoms with van der Waals surface area (Å²) in [7, 11) is 0. The zero-order valence-electron chi connectivity index (χ0n) is 20.6. The van der Waals surface area contributed by atoms with Crippen molar-refractivity contribution in [3.05, 3.63) is 142 Å². The van der Waals surface area contributed by atoms with Crippen LogP contribution in [-0.2, 0) is 19.3 Å². The highest BCUT2D eigenvalue weighted by Crippen LogP contribution is 2.40. The normalized spacial score (nSPS) is 19.0. The van der Waals surface area contributed by atoms with Crippen LogP contribution in [0.15, 0.2) is 119 Å². The van der Waals surface area contributed by atoms with E-state index >= 15 is 0 Å². The van der Waals surface area contributed by atoms with Gasteiger partial charge in [-0.05, 0) is 89.0 Å². The number of allylic oxidation sites excluding steroid dienone is 12. The van der Waals surface area contributed by atoms with Crippen LogP contribution in [-0.4, -0.2) is 0 Å². The molecule has 1 atom stereocenters. The third-order valence-electron chi connectivity index (χ3n) is 7.41. The summed E-state index contributed by atoms with van der Waals surface area (Å²) in [4.78, 5) is 0. The number of benzene rings is 2. The van der Waals surface area contributed by atoms with Gasteiger partial charge in [0, 0.05) is 5.92 Å². The first-order chi connectivity index (χ1) is 16.7. The van der Waals surface area contributed by atoms with E-state index in [1.54, 1.807) is 0 Å². The number of aryl methyl sites for hydroxylation is 2. The molecule has 0 aromatic heterocycles. The minimum Gasteiger partial charge on any atom is -0.0836 e. The van der Waals surface area contributed by atoms with Crippen LogP contribution in [0.3, 0.4) is 0 Å². The SMILES string of the molecule is CC(C)c1ccc(CCCc2ccc(CC3=CC=C(C4=CCCC=C4)C4C=CC=C34)cc2)cc1. The minimum absolute atomic E-state index is 0.419. The van der Waals surface area contributed by atoms with Crippen LogP contribution in [0, 0.1) is 5.92 Å². The molecule has 0 radical (unpaired) electrons. The number of hydrogen-bond donors (Lipinski definition) is 0. The molecule has 2 aromatic carbocycles. The molecule has 0 fully saturated rings. The molecule has 0 heteroatoms. The second-order valence-corrected chi connectivity index (χ2v) is 10.2. The molecule has 1 unspecified atom stereocenters. The largest absolute Gasteiger partial charge is 0.0836 e. The first kappa shape index (κ1) is 22.7. The van der Waals surface area contributed by atoms with Crippen molar-refractivity contribution in [2.45, 2.75) is 58.3 Å². The van der Waals surface area contributed by atoms with E-state index < -0.39 is 0 Å². The van der Waals surface area contributed by atoms with Crippen molar-refractivity contribution in [1.82, 2.24) is 0 Å². The molecule has 0 saturated heterocycles. The predicted octanol–water partition coefficient (Wildman–Crippen LogP) is 8.78. The van der Waals surface area contributed by atoms with Gasteiger partial charge in [0.25, 0.3) is 0 Å². The van der Waals surface area contributed by atoms with Crippen LogP contribution >= 0.6 is 0 Å². The standard InChI is InChI=1S/C34H36/c1-25(2)29-20-18-27(19-21-29)9-6-8-26-14-16-28(17-15-26)24-31-22-23-33(30-10-4-3-5-11-30)34-13-7-12-32(31)34/h4,7,10-23,25,34H,3,5-6,8-9,24H2,1-2H3. The second kappa shape index (κ2) is 10.4. The summed E-state index contributed by atoms with van der Waals surface area (Å²) in [6.07, 6.45) is 25.4. The van der Waals surface area contributed by atoms with Gasteiger partial charge in [-0.3, -0.25) is 0 Å². The Kier molecular flexibility index (Phi) is 6.95. The zero-order chi connectivity index (χ0) is 23.3. The highest BCUT2D eigenvalue weighted by Gasteiger charge is 2.26. The molecule has 0 saturated carbocycles. The molecule has 0 spiro atoms. The molecule has 34 heavy (non-hydrogen) atoms. The molecule has 0 aliphatic heterocycles. The number of fused-ring (bicyclic) bond motifs is 1. The summed E-state index contributed by atoms with van der Waals surface area (Å²) in [6, 6.07) is 18.5. The lowest BCUT2D eigenvalue weighted by atomic mass is 9.78. The van der Waals surface area contributed by atoms with E-state index in [2.05, 4.69) is 111 Å². The first-order valence-corrected chi connectivity index (χ1v) is 13.0. The number of hydrogen-bond acceptors (Lipinski definition) is 0. The van der Waals surface area contributed by atoms with Crippen LogP contribution in [0.5, 0.6) is 0 Å². The molecule has 0 bridgehead atoms. The lowest BCUT2D eigenvalue weighted by Gasteiger charge is -2.26. The highest BCUT2D eigenvalue weighted by atomic mass is 14.3. The zero-order valence-corrected chi connectivity index (χ0v) is 20.6. The molecular formula is C34H36. The van der Waals surface area contributed by atoms with Gasteiger partial charge >= 0.3 is 0 Å². The van der Waals surface area contributed by atoms with Gasteiger partial charge in [-0.15, -0.1) is 0 Å². The van der Waals surface area contributed by atoms with Crippen LogP contribution in [0.2, 0.25) is 0 Å². The molecule has 0 nitrogen and oxygen atoms in total. The Hall–Kier alpha value is -3.12. The van der Waals surface area contributed by atoms with Crippen molar-refractivity contribution in [3.63, 3.8) is 0 Å². The van der Waals surface area contributed by atoms with Gasteiger partial charge in [-0.2, -0.15) is 0 Å². The molecule has 2 aromatic rings. The van der Waals surface area contributed by atoms with E-state index in [9.17, 15) is 0 Å². The summed E-state index contributed by atoms with van der Waals surface area (Å²) >= 11 is 0. The third-order valence-corrected chi connectivity index (χ3v) is 7.41. The average molecular weight is 445 g/mol. The Morgan fingerprint density at radius 1 is 0.765 bits per heavy atom. The Balaban J connectivity index is 1.19. The van der Waals surface area contributed by atoms with Crippen molar-refractivity contribution in [1.29, 1.82) is 0 Å². The number of rotatable bonds is 8. The van der Waals surface area contributed by atoms with Gasteiger partial charge in [0.1, 0.15) is 0 Å². The average Bonchev–Trinajstić information content (AvgIpc) is 3.37. The van der Waals surface area contributed by atoms with Gasteiger partial charge in [0.2, 0.25) is 0 Å². The molecular weight excluding hydrogens is 408 g/mol. The highest BCUT2D eigenvalue weighted by molar-refractivity contribution is 5.60. The van der Waals surface area contributed by atoms with Crippen molar-refractivity contribution >= 4 is 0 Å². The summed E-state index contributed by atoms with van der Waals surface area (Å²) in [5, 5.41) is 0. The fraction of sp³-hybridized carbons (Fsp3) is 0.294.